The quantitative estimate of drug-likeness (QED) is 0.827. The second-order valence-electron chi connectivity index (χ2n) is 4.16. The van der Waals surface area contributed by atoms with Crippen LogP contribution in [0.4, 0.5) is 5.69 Å². The van der Waals surface area contributed by atoms with E-state index in [9.17, 15) is 9.59 Å². The summed E-state index contributed by atoms with van der Waals surface area (Å²) in [4.78, 5) is 25.8. The molecule has 1 heterocycles. The van der Waals surface area contributed by atoms with Crippen molar-refractivity contribution >= 4 is 29.3 Å². The van der Waals surface area contributed by atoms with Crippen LogP contribution in [-0.4, -0.2) is 36.1 Å². The van der Waals surface area contributed by atoms with Crippen LogP contribution in [0.25, 0.3) is 0 Å². The molecule has 4 nitrogen and oxygen atoms in total. The Bertz CT molecular complexity index is 485. The first-order chi connectivity index (χ1) is 7.99. The highest BCUT2D eigenvalue weighted by molar-refractivity contribution is 8.00. The van der Waals surface area contributed by atoms with Crippen molar-refractivity contribution in [3.05, 3.63) is 23.8 Å². The summed E-state index contributed by atoms with van der Waals surface area (Å²) in [7, 11) is 3.41. The van der Waals surface area contributed by atoms with E-state index in [1.165, 1.54) is 16.7 Å². The van der Waals surface area contributed by atoms with Crippen LogP contribution in [0.15, 0.2) is 23.1 Å². The van der Waals surface area contributed by atoms with Crippen LogP contribution in [0.5, 0.6) is 0 Å². The number of hydrogen-bond acceptors (Lipinski definition) is 3. The van der Waals surface area contributed by atoms with Gasteiger partial charge in [0.1, 0.15) is 0 Å². The number of carbonyl (C=O) groups excluding carboxylic acids is 2. The van der Waals surface area contributed by atoms with Crippen LogP contribution < -0.4 is 5.32 Å². The van der Waals surface area contributed by atoms with Crippen LogP contribution in [-0.2, 0) is 4.79 Å². The monoisotopic (exact) mass is 250 g/mol. The Morgan fingerprint density at radius 2 is 2.12 bits per heavy atom. The number of rotatable bonds is 1. The van der Waals surface area contributed by atoms with E-state index in [0.29, 0.717) is 5.56 Å². The van der Waals surface area contributed by atoms with Crippen LogP contribution in [0.2, 0.25) is 0 Å². The summed E-state index contributed by atoms with van der Waals surface area (Å²) in [6, 6.07) is 5.40. The molecule has 0 radical (unpaired) electrons. The largest absolute Gasteiger partial charge is 0.345 e. The minimum absolute atomic E-state index is 0.0167. The highest BCUT2D eigenvalue weighted by Crippen LogP contribution is 2.35. The fraction of sp³-hybridized carbons (Fsp3) is 0.333. The van der Waals surface area contributed by atoms with E-state index in [1.807, 2.05) is 13.0 Å². The molecule has 0 fully saturated rings. The van der Waals surface area contributed by atoms with E-state index in [0.717, 1.165) is 10.6 Å². The number of amides is 2. The van der Waals surface area contributed by atoms with Gasteiger partial charge in [-0.3, -0.25) is 9.59 Å². The third kappa shape index (κ3) is 2.29. The summed E-state index contributed by atoms with van der Waals surface area (Å²) >= 11 is 1.51. The maximum absolute atomic E-state index is 11.8. The Balaban J connectivity index is 2.35. The molecule has 1 N–H and O–H groups in total. The molecule has 1 aliphatic heterocycles. The van der Waals surface area contributed by atoms with Gasteiger partial charge >= 0.3 is 0 Å². The first kappa shape index (κ1) is 12.0. The van der Waals surface area contributed by atoms with Crippen molar-refractivity contribution in [2.75, 3.05) is 19.4 Å². The Labute approximate surface area is 104 Å². The number of benzene rings is 1. The molecule has 90 valence electrons. The minimum Gasteiger partial charge on any atom is -0.345 e. The summed E-state index contributed by atoms with van der Waals surface area (Å²) in [5, 5.41) is 2.73. The lowest BCUT2D eigenvalue weighted by Crippen LogP contribution is -2.27. The van der Waals surface area contributed by atoms with E-state index < -0.39 is 0 Å². The molecule has 17 heavy (non-hydrogen) atoms. The van der Waals surface area contributed by atoms with Gasteiger partial charge < -0.3 is 10.2 Å². The molecule has 2 amide bonds. The van der Waals surface area contributed by atoms with Crippen molar-refractivity contribution in [1.82, 2.24) is 4.90 Å². The molecule has 0 spiro atoms. The minimum atomic E-state index is -0.0853. The van der Waals surface area contributed by atoms with Crippen LogP contribution in [0, 0.1) is 0 Å². The Hall–Kier alpha value is -1.49. The van der Waals surface area contributed by atoms with E-state index >= 15 is 0 Å². The Morgan fingerprint density at radius 1 is 1.41 bits per heavy atom. The van der Waals surface area contributed by atoms with E-state index in [2.05, 4.69) is 5.32 Å². The Morgan fingerprint density at radius 3 is 2.76 bits per heavy atom. The van der Waals surface area contributed by atoms with E-state index in [-0.39, 0.29) is 17.1 Å². The molecule has 1 aromatic rings. The number of nitrogens with one attached hydrogen (secondary N) is 1. The SMILES string of the molecule is CC1Sc2ccc(C(=O)N(C)C)cc2NC1=O. The highest BCUT2D eigenvalue weighted by atomic mass is 32.2. The van der Waals surface area contributed by atoms with Gasteiger partial charge in [0.05, 0.1) is 10.9 Å². The zero-order valence-electron chi connectivity index (χ0n) is 9.98. The molecular formula is C12H14N2O2S. The second kappa shape index (κ2) is 4.41. The van der Waals surface area contributed by atoms with Crippen molar-refractivity contribution in [2.24, 2.45) is 0 Å². The fourth-order valence-corrected chi connectivity index (χ4v) is 2.53. The van der Waals surface area contributed by atoms with Gasteiger partial charge in [0.2, 0.25) is 5.91 Å². The van der Waals surface area contributed by atoms with E-state index in [4.69, 9.17) is 0 Å². The number of anilines is 1. The van der Waals surface area contributed by atoms with Crippen LogP contribution in [0.3, 0.4) is 0 Å². The summed E-state index contributed by atoms with van der Waals surface area (Å²) in [6.45, 7) is 1.86. The second-order valence-corrected chi connectivity index (χ2v) is 5.54. The zero-order valence-corrected chi connectivity index (χ0v) is 10.8. The van der Waals surface area contributed by atoms with Gasteiger partial charge in [0.25, 0.3) is 5.91 Å². The predicted molar refractivity (Wildman–Crippen MR) is 68.4 cm³/mol. The van der Waals surface area contributed by atoms with Gasteiger partial charge in [0.15, 0.2) is 0 Å². The summed E-state index contributed by atoms with van der Waals surface area (Å²) < 4.78 is 0. The lowest BCUT2D eigenvalue weighted by atomic mass is 10.1. The molecule has 1 unspecified atom stereocenters. The van der Waals surface area contributed by atoms with Gasteiger partial charge in [-0.15, -0.1) is 11.8 Å². The summed E-state index contributed by atoms with van der Waals surface area (Å²) in [6.07, 6.45) is 0. The lowest BCUT2D eigenvalue weighted by molar-refractivity contribution is -0.115. The Kier molecular flexibility index (Phi) is 3.11. The smallest absolute Gasteiger partial charge is 0.253 e. The van der Waals surface area contributed by atoms with Crippen molar-refractivity contribution in [2.45, 2.75) is 17.1 Å². The van der Waals surface area contributed by atoms with Gasteiger partial charge in [0, 0.05) is 24.6 Å². The molecule has 0 aromatic heterocycles. The highest BCUT2D eigenvalue weighted by Gasteiger charge is 2.23. The summed E-state index contributed by atoms with van der Waals surface area (Å²) in [5.41, 5.74) is 1.31. The molecule has 1 aromatic carbocycles. The average Bonchev–Trinajstić information content (AvgIpc) is 2.29. The molecule has 1 aliphatic rings. The van der Waals surface area contributed by atoms with Gasteiger partial charge in [-0.25, -0.2) is 0 Å². The molecular weight excluding hydrogens is 236 g/mol. The third-order valence-electron chi connectivity index (χ3n) is 2.56. The number of hydrogen-bond donors (Lipinski definition) is 1. The van der Waals surface area contributed by atoms with Gasteiger partial charge in [-0.05, 0) is 25.1 Å². The van der Waals surface area contributed by atoms with Crippen LogP contribution >= 0.6 is 11.8 Å². The van der Waals surface area contributed by atoms with Crippen molar-refractivity contribution < 1.29 is 9.59 Å². The van der Waals surface area contributed by atoms with Gasteiger partial charge in [-0.2, -0.15) is 0 Å². The first-order valence-electron chi connectivity index (χ1n) is 5.32. The molecule has 2 rings (SSSR count). The fourth-order valence-electron chi connectivity index (χ4n) is 1.60. The number of thioether (sulfide) groups is 1. The zero-order chi connectivity index (χ0) is 12.6. The maximum Gasteiger partial charge on any atom is 0.253 e. The topological polar surface area (TPSA) is 49.4 Å². The molecule has 0 saturated carbocycles. The predicted octanol–water partition coefficient (Wildman–Crippen LogP) is 1.82. The molecule has 5 heteroatoms. The summed E-state index contributed by atoms with van der Waals surface area (Å²) in [5.74, 6) is -0.0809. The first-order valence-corrected chi connectivity index (χ1v) is 6.20. The van der Waals surface area contributed by atoms with Crippen molar-refractivity contribution in [3.8, 4) is 0 Å². The number of nitrogens with zero attached hydrogens (tertiary/aromatic N) is 1. The standard InChI is InChI=1S/C12H14N2O2S/c1-7-11(15)13-9-6-8(12(16)14(2)3)4-5-10(9)17-7/h4-7H,1-3H3,(H,13,15). The average molecular weight is 250 g/mol. The van der Waals surface area contributed by atoms with E-state index in [1.54, 1.807) is 26.2 Å². The molecule has 1 atom stereocenters. The molecule has 0 aliphatic carbocycles. The molecule has 0 bridgehead atoms. The van der Waals surface area contributed by atoms with Gasteiger partial charge in [-0.1, -0.05) is 0 Å². The number of fused-ring (bicyclic) bond motifs is 1. The van der Waals surface area contributed by atoms with Crippen molar-refractivity contribution in [1.29, 1.82) is 0 Å². The molecule has 0 saturated heterocycles. The normalized spacial score (nSPS) is 18.3. The van der Waals surface area contributed by atoms with Crippen LogP contribution in [0.1, 0.15) is 17.3 Å². The maximum atomic E-state index is 11.8. The third-order valence-corrected chi connectivity index (χ3v) is 3.74. The number of carbonyl (C=O) groups is 2. The lowest BCUT2D eigenvalue weighted by Gasteiger charge is -2.22. The van der Waals surface area contributed by atoms with Crippen molar-refractivity contribution in [3.63, 3.8) is 0 Å².